The van der Waals surface area contributed by atoms with Crippen LogP contribution in [0.2, 0.25) is 0 Å². The van der Waals surface area contributed by atoms with Gasteiger partial charge in [0.15, 0.2) is 11.0 Å². The van der Waals surface area contributed by atoms with Crippen molar-refractivity contribution in [3.8, 4) is 0 Å². The second-order valence-electron chi connectivity index (χ2n) is 5.25. The van der Waals surface area contributed by atoms with Gasteiger partial charge in [-0.1, -0.05) is 16.9 Å². The first-order chi connectivity index (χ1) is 10.8. The van der Waals surface area contributed by atoms with E-state index >= 15 is 0 Å². The summed E-state index contributed by atoms with van der Waals surface area (Å²) in [4.78, 5) is 4.25. The van der Waals surface area contributed by atoms with Crippen molar-refractivity contribution in [2.75, 3.05) is 20.2 Å². The Bertz CT molecular complexity index is 607. The monoisotopic (exact) mass is 324 g/mol. The van der Waals surface area contributed by atoms with Gasteiger partial charge < -0.3 is 19.1 Å². The van der Waals surface area contributed by atoms with Crippen LogP contribution in [0, 0.1) is 0 Å². The molecule has 0 radical (unpaired) electrons. The molecule has 2 aromatic heterocycles. The number of hydrogen-bond donors (Lipinski definition) is 1. The maximum atomic E-state index is 5.17. The van der Waals surface area contributed by atoms with Crippen LogP contribution in [0.25, 0.3) is 0 Å². The molecule has 1 aliphatic heterocycles. The lowest BCUT2D eigenvalue weighted by Crippen LogP contribution is -2.27. The fourth-order valence-electron chi connectivity index (χ4n) is 2.55. The molecule has 2 aromatic rings. The van der Waals surface area contributed by atoms with Crippen molar-refractivity contribution < 1.29 is 9.26 Å². The van der Waals surface area contributed by atoms with Gasteiger partial charge in [0.05, 0.1) is 5.75 Å². The molecule has 3 heterocycles. The van der Waals surface area contributed by atoms with E-state index in [1.807, 2.05) is 7.05 Å². The van der Waals surface area contributed by atoms with Gasteiger partial charge in [0.1, 0.15) is 12.4 Å². The lowest BCUT2D eigenvalue weighted by atomic mass is 9.97. The third-order valence-electron chi connectivity index (χ3n) is 3.68. The average molecular weight is 324 g/mol. The zero-order valence-electron chi connectivity index (χ0n) is 12.8. The molecule has 9 heteroatoms. The minimum atomic E-state index is 0.359. The largest absolute Gasteiger partial charge is 0.377 e. The van der Waals surface area contributed by atoms with E-state index in [-0.39, 0.29) is 0 Å². The predicted molar refractivity (Wildman–Crippen MR) is 80.4 cm³/mol. The van der Waals surface area contributed by atoms with Crippen molar-refractivity contribution in [2.45, 2.75) is 36.3 Å². The molecule has 0 aromatic carbocycles. The van der Waals surface area contributed by atoms with Crippen LogP contribution in [-0.4, -0.2) is 45.1 Å². The van der Waals surface area contributed by atoms with Gasteiger partial charge >= 0.3 is 0 Å². The van der Waals surface area contributed by atoms with Gasteiger partial charge in [-0.25, -0.2) is 0 Å². The number of ether oxygens (including phenoxy) is 1. The standard InChI is InChI=1S/C13H20N6O2S/c1-19-12(9-3-5-14-6-4-9)16-17-13(19)22-8-11-15-10(7-20-2)18-21-11/h9,14H,3-8H2,1-2H3. The van der Waals surface area contributed by atoms with Gasteiger partial charge in [0, 0.05) is 20.1 Å². The summed E-state index contributed by atoms with van der Waals surface area (Å²) >= 11 is 1.55. The summed E-state index contributed by atoms with van der Waals surface area (Å²) in [6, 6.07) is 0. The topological polar surface area (TPSA) is 90.9 Å². The summed E-state index contributed by atoms with van der Waals surface area (Å²) < 4.78 is 12.2. The second kappa shape index (κ2) is 7.21. The molecular formula is C13H20N6O2S. The summed E-state index contributed by atoms with van der Waals surface area (Å²) in [5.41, 5.74) is 0. The third kappa shape index (κ3) is 3.47. The molecule has 8 nitrogen and oxygen atoms in total. The Morgan fingerprint density at radius 1 is 1.36 bits per heavy atom. The molecule has 0 saturated carbocycles. The van der Waals surface area contributed by atoms with E-state index in [0.29, 0.717) is 30.0 Å². The minimum Gasteiger partial charge on any atom is -0.377 e. The summed E-state index contributed by atoms with van der Waals surface area (Å²) in [6.45, 7) is 2.45. The van der Waals surface area contributed by atoms with E-state index in [4.69, 9.17) is 9.26 Å². The molecule has 0 spiro atoms. The molecule has 1 N–H and O–H groups in total. The second-order valence-corrected chi connectivity index (χ2v) is 6.19. The third-order valence-corrected chi connectivity index (χ3v) is 4.69. The van der Waals surface area contributed by atoms with Gasteiger partial charge in [0.25, 0.3) is 0 Å². The first-order valence-corrected chi connectivity index (χ1v) is 8.29. The highest BCUT2D eigenvalue weighted by atomic mass is 32.2. The normalized spacial score (nSPS) is 16.3. The Kier molecular flexibility index (Phi) is 5.06. The first kappa shape index (κ1) is 15.4. The highest BCUT2D eigenvalue weighted by molar-refractivity contribution is 7.98. The van der Waals surface area contributed by atoms with Crippen molar-refractivity contribution in [1.82, 2.24) is 30.2 Å². The molecule has 0 unspecified atom stereocenters. The van der Waals surface area contributed by atoms with E-state index in [0.717, 1.165) is 36.9 Å². The minimum absolute atomic E-state index is 0.359. The Hall–Kier alpha value is -1.45. The maximum Gasteiger partial charge on any atom is 0.237 e. The summed E-state index contributed by atoms with van der Waals surface area (Å²) in [5, 5.41) is 16.7. The highest BCUT2D eigenvalue weighted by Gasteiger charge is 2.22. The number of rotatable bonds is 6. The Morgan fingerprint density at radius 3 is 2.95 bits per heavy atom. The number of piperidine rings is 1. The average Bonchev–Trinajstić information content (AvgIpc) is 3.13. The van der Waals surface area contributed by atoms with Crippen molar-refractivity contribution >= 4 is 11.8 Å². The zero-order valence-corrected chi connectivity index (χ0v) is 13.6. The van der Waals surface area contributed by atoms with Crippen LogP contribution in [0.4, 0.5) is 0 Å². The van der Waals surface area contributed by atoms with E-state index in [2.05, 4.69) is 30.2 Å². The number of methoxy groups -OCH3 is 1. The smallest absolute Gasteiger partial charge is 0.237 e. The van der Waals surface area contributed by atoms with E-state index in [1.54, 1.807) is 18.9 Å². The zero-order chi connectivity index (χ0) is 15.4. The maximum absolute atomic E-state index is 5.17. The van der Waals surface area contributed by atoms with Crippen LogP contribution in [0.15, 0.2) is 9.68 Å². The van der Waals surface area contributed by atoms with Gasteiger partial charge in [0.2, 0.25) is 5.89 Å². The Labute approximate surface area is 133 Å². The molecule has 0 atom stereocenters. The van der Waals surface area contributed by atoms with Crippen LogP contribution >= 0.6 is 11.8 Å². The van der Waals surface area contributed by atoms with Gasteiger partial charge in [-0.15, -0.1) is 10.2 Å². The summed E-state index contributed by atoms with van der Waals surface area (Å²) in [7, 11) is 3.62. The fourth-order valence-corrected chi connectivity index (χ4v) is 3.31. The lowest BCUT2D eigenvalue weighted by molar-refractivity contribution is 0.174. The van der Waals surface area contributed by atoms with Crippen LogP contribution in [0.5, 0.6) is 0 Å². The van der Waals surface area contributed by atoms with Crippen molar-refractivity contribution in [1.29, 1.82) is 0 Å². The summed E-state index contributed by atoms with van der Waals surface area (Å²) in [5.74, 6) is 3.27. The van der Waals surface area contributed by atoms with Gasteiger partial charge in [-0.05, 0) is 25.9 Å². The van der Waals surface area contributed by atoms with Crippen LogP contribution in [-0.2, 0) is 24.1 Å². The number of aromatic nitrogens is 5. The quantitative estimate of drug-likeness (QED) is 0.790. The molecule has 1 aliphatic rings. The summed E-state index contributed by atoms with van der Waals surface area (Å²) in [6.07, 6.45) is 2.22. The molecule has 3 rings (SSSR count). The fraction of sp³-hybridized carbons (Fsp3) is 0.692. The number of thioether (sulfide) groups is 1. The molecule has 1 fully saturated rings. The SMILES string of the molecule is COCc1noc(CSc2nnc(C3CCNCC3)n2C)n1. The first-order valence-electron chi connectivity index (χ1n) is 7.31. The Balaban J connectivity index is 1.61. The predicted octanol–water partition coefficient (Wildman–Crippen LogP) is 1.10. The highest BCUT2D eigenvalue weighted by Crippen LogP contribution is 2.27. The van der Waals surface area contributed by atoms with E-state index in [9.17, 15) is 0 Å². The Morgan fingerprint density at radius 2 is 2.18 bits per heavy atom. The van der Waals surface area contributed by atoms with Crippen LogP contribution in [0.3, 0.4) is 0 Å². The lowest BCUT2D eigenvalue weighted by Gasteiger charge is -2.21. The van der Waals surface area contributed by atoms with E-state index < -0.39 is 0 Å². The molecule has 0 bridgehead atoms. The molecule has 0 amide bonds. The van der Waals surface area contributed by atoms with Crippen molar-refractivity contribution in [3.05, 3.63) is 17.5 Å². The van der Waals surface area contributed by atoms with Crippen LogP contribution in [0.1, 0.15) is 36.3 Å². The molecule has 1 saturated heterocycles. The molecule has 0 aliphatic carbocycles. The number of nitrogens with zero attached hydrogens (tertiary/aromatic N) is 5. The number of hydrogen-bond acceptors (Lipinski definition) is 8. The van der Waals surface area contributed by atoms with E-state index in [1.165, 1.54) is 0 Å². The van der Waals surface area contributed by atoms with Gasteiger partial charge in [-0.2, -0.15) is 4.98 Å². The van der Waals surface area contributed by atoms with Crippen LogP contribution < -0.4 is 5.32 Å². The van der Waals surface area contributed by atoms with Gasteiger partial charge in [-0.3, -0.25) is 0 Å². The number of nitrogens with one attached hydrogen (secondary N) is 1. The van der Waals surface area contributed by atoms with Crippen molar-refractivity contribution in [2.24, 2.45) is 7.05 Å². The molecule has 22 heavy (non-hydrogen) atoms. The molecule has 120 valence electrons. The molecular weight excluding hydrogens is 304 g/mol. The van der Waals surface area contributed by atoms with Crippen molar-refractivity contribution in [3.63, 3.8) is 0 Å².